The molecule has 1 atom stereocenters. The molecule has 2 aromatic heterocycles. The van der Waals surface area contributed by atoms with Crippen LogP contribution in [0, 0.1) is 0 Å². The fourth-order valence-corrected chi connectivity index (χ4v) is 8.90. The number of para-hydroxylation sites is 3. The van der Waals surface area contributed by atoms with E-state index >= 15 is 0 Å². The summed E-state index contributed by atoms with van der Waals surface area (Å²) in [5.41, 5.74) is 14.9. The number of nitrogens with zero attached hydrogens (tertiary/aromatic N) is 2. The molecule has 0 N–H and O–H groups in total. The lowest BCUT2D eigenvalue weighted by atomic mass is 9.58. The molecule has 0 radical (unpaired) electrons. The maximum Gasteiger partial charge on any atom is 0.0582 e. The highest BCUT2D eigenvalue weighted by Gasteiger charge is 2.46. The van der Waals surface area contributed by atoms with Crippen LogP contribution in [0.1, 0.15) is 50.3 Å². The van der Waals surface area contributed by atoms with Gasteiger partial charge in [0, 0.05) is 32.6 Å². The lowest BCUT2D eigenvalue weighted by molar-refractivity contribution is 0.347. The van der Waals surface area contributed by atoms with Crippen molar-refractivity contribution in [3.8, 4) is 22.5 Å². The lowest BCUT2D eigenvalue weighted by Gasteiger charge is -2.47. The third-order valence-electron chi connectivity index (χ3n) is 11.2. The predicted molar refractivity (Wildman–Crippen MR) is 189 cm³/mol. The molecule has 10 rings (SSSR count). The molecule has 3 heterocycles. The molecule has 216 valence electrons. The van der Waals surface area contributed by atoms with Crippen molar-refractivity contribution in [2.45, 2.75) is 44.4 Å². The topological polar surface area (TPSA) is 9.86 Å². The van der Waals surface area contributed by atoms with Crippen molar-refractivity contribution >= 4 is 43.6 Å². The van der Waals surface area contributed by atoms with Crippen molar-refractivity contribution in [2.24, 2.45) is 0 Å². The van der Waals surface area contributed by atoms with E-state index in [9.17, 15) is 0 Å². The summed E-state index contributed by atoms with van der Waals surface area (Å²) in [5.74, 6) is 0. The molecule has 2 aliphatic rings. The number of hydrogen-bond acceptors (Lipinski definition) is 0. The van der Waals surface area contributed by atoms with Crippen molar-refractivity contribution in [3.05, 3.63) is 144 Å². The lowest BCUT2D eigenvalue weighted by Crippen LogP contribution is -2.39. The van der Waals surface area contributed by atoms with E-state index in [1.807, 2.05) is 0 Å². The Hall–Kier alpha value is -5.08. The molecular weight excluding hydrogens is 544 g/mol. The van der Waals surface area contributed by atoms with E-state index in [0.29, 0.717) is 0 Å². The normalized spacial score (nSPS) is 18.2. The summed E-state index contributed by atoms with van der Waals surface area (Å²) in [6.45, 7) is 7.36. The number of benzene rings is 6. The molecule has 1 aliphatic heterocycles. The van der Waals surface area contributed by atoms with Crippen LogP contribution in [-0.4, -0.2) is 9.13 Å². The highest BCUT2D eigenvalue weighted by molar-refractivity contribution is 6.13. The zero-order valence-electron chi connectivity index (χ0n) is 25.9. The van der Waals surface area contributed by atoms with Gasteiger partial charge in [0.2, 0.25) is 0 Å². The average molecular weight is 579 g/mol. The van der Waals surface area contributed by atoms with Crippen molar-refractivity contribution in [1.29, 1.82) is 0 Å². The third kappa shape index (κ3) is 3.19. The number of hydrogen-bond donors (Lipinski definition) is 0. The van der Waals surface area contributed by atoms with Crippen LogP contribution in [0.4, 0.5) is 0 Å². The number of rotatable bonds is 2. The van der Waals surface area contributed by atoms with E-state index in [2.05, 4.69) is 157 Å². The molecule has 1 unspecified atom stereocenters. The Morgan fingerprint density at radius 3 is 1.76 bits per heavy atom. The smallest absolute Gasteiger partial charge is 0.0582 e. The van der Waals surface area contributed by atoms with Gasteiger partial charge >= 0.3 is 0 Å². The van der Waals surface area contributed by atoms with Crippen LogP contribution in [0.25, 0.3) is 66.1 Å². The number of aromatic nitrogens is 2. The zero-order chi connectivity index (χ0) is 30.1. The SMILES string of the molecule is CC1(C)CCC2(C)c3c(cccc31)-n1c3ccccc3c3cc(-c4ccc(-n5c6ccccc6c6ccccc65)cc4)cc2c31. The molecule has 0 amide bonds. The van der Waals surface area contributed by atoms with Gasteiger partial charge in [-0.25, -0.2) is 0 Å². The van der Waals surface area contributed by atoms with Crippen molar-refractivity contribution in [3.63, 3.8) is 0 Å². The molecule has 45 heavy (non-hydrogen) atoms. The van der Waals surface area contributed by atoms with Gasteiger partial charge < -0.3 is 9.13 Å². The van der Waals surface area contributed by atoms with Crippen molar-refractivity contribution < 1.29 is 0 Å². The van der Waals surface area contributed by atoms with E-state index in [4.69, 9.17) is 0 Å². The van der Waals surface area contributed by atoms with Gasteiger partial charge in [-0.2, -0.15) is 0 Å². The first-order valence-corrected chi connectivity index (χ1v) is 16.3. The minimum absolute atomic E-state index is 0.0387. The summed E-state index contributed by atoms with van der Waals surface area (Å²) >= 11 is 0. The minimum atomic E-state index is -0.0387. The fourth-order valence-electron chi connectivity index (χ4n) is 8.90. The summed E-state index contributed by atoms with van der Waals surface area (Å²) in [6, 6.07) is 47.7. The van der Waals surface area contributed by atoms with Gasteiger partial charge in [0.15, 0.2) is 0 Å². The monoisotopic (exact) mass is 578 g/mol. The van der Waals surface area contributed by atoms with Crippen LogP contribution in [0.15, 0.2) is 127 Å². The first-order valence-electron chi connectivity index (χ1n) is 16.3. The first-order chi connectivity index (χ1) is 21.9. The highest BCUT2D eigenvalue weighted by atomic mass is 15.0. The van der Waals surface area contributed by atoms with Gasteiger partial charge in [0.25, 0.3) is 0 Å². The standard InChI is InChI=1S/C43H34N2/c1-42(2)23-24-43(3)35-26-28(25-33-32-13-6-9-17-38(32)45(41(33)35)39-18-10-14-34(42)40(39)43)27-19-21-29(22-20-27)44-36-15-7-4-11-30(36)31-12-5-8-16-37(31)44/h4-22,25-26H,23-24H2,1-3H3. The van der Waals surface area contributed by atoms with Crippen LogP contribution >= 0.6 is 0 Å². The molecule has 1 aliphatic carbocycles. The molecule has 0 fully saturated rings. The maximum absolute atomic E-state index is 2.57. The van der Waals surface area contributed by atoms with Gasteiger partial charge in [-0.1, -0.05) is 99.6 Å². The Morgan fingerprint density at radius 2 is 1.09 bits per heavy atom. The van der Waals surface area contributed by atoms with Gasteiger partial charge in [-0.3, -0.25) is 0 Å². The van der Waals surface area contributed by atoms with Crippen LogP contribution in [0.2, 0.25) is 0 Å². The Kier molecular flexibility index (Phi) is 4.80. The molecular formula is C43H34N2. The second-order valence-corrected chi connectivity index (χ2v) is 14.1. The molecule has 2 nitrogen and oxygen atoms in total. The third-order valence-corrected chi connectivity index (χ3v) is 11.2. The molecule has 0 saturated heterocycles. The summed E-state index contributed by atoms with van der Waals surface area (Å²) in [4.78, 5) is 0. The molecule has 0 spiro atoms. The summed E-state index contributed by atoms with van der Waals surface area (Å²) in [5, 5.41) is 5.27. The number of fused-ring (bicyclic) bond motifs is 8. The quantitative estimate of drug-likeness (QED) is 0.193. The minimum Gasteiger partial charge on any atom is -0.309 e. The van der Waals surface area contributed by atoms with Gasteiger partial charge in [0.1, 0.15) is 0 Å². The van der Waals surface area contributed by atoms with Gasteiger partial charge in [0.05, 0.1) is 27.8 Å². The van der Waals surface area contributed by atoms with Gasteiger partial charge in [-0.15, -0.1) is 0 Å². The van der Waals surface area contributed by atoms with Crippen LogP contribution in [-0.2, 0) is 10.8 Å². The zero-order valence-corrected chi connectivity index (χ0v) is 25.9. The molecule has 8 aromatic rings. The van der Waals surface area contributed by atoms with E-state index in [1.54, 1.807) is 0 Å². The van der Waals surface area contributed by atoms with E-state index in [-0.39, 0.29) is 10.8 Å². The second kappa shape index (κ2) is 8.55. The Bertz CT molecular complexity index is 2470. The van der Waals surface area contributed by atoms with E-state index in [0.717, 1.165) is 6.42 Å². The van der Waals surface area contributed by atoms with E-state index in [1.165, 1.54) is 89.2 Å². The van der Waals surface area contributed by atoms with Crippen LogP contribution in [0.3, 0.4) is 0 Å². The average Bonchev–Trinajstić information content (AvgIpc) is 3.59. The largest absolute Gasteiger partial charge is 0.309 e. The molecule has 6 aromatic carbocycles. The Balaban J connectivity index is 1.22. The summed E-state index contributed by atoms with van der Waals surface area (Å²) < 4.78 is 4.97. The first kappa shape index (κ1) is 25.3. The summed E-state index contributed by atoms with van der Waals surface area (Å²) in [6.07, 6.45) is 2.33. The van der Waals surface area contributed by atoms with Gasteiger partial charge in [-0.05, 0) is 94.6 Å². The van der Waals surface area contributed by atoms with Crippen LogP contribution < -0.4 is 0 Å². The van der Waals surface area contributed by atoms with Crippen LogP contribution in [0.5, 0.6) is 0 Å². The second-order valence-electron chi connectivity index (χ2n) is 14.1. The molecule has 0 bridgehead atoms. The molecule has 2 heteroatoms. The molecule has 0 saturated carbocycles. The Labute approximate surface area is 263 Å². The summed E-state index contributed by atoms with van der Waals surface area (Å²) in [7, 11) is 0. The maximum atomic E-state index is 2.57. The van der Waals surface area contributed by atoms with E-state index < -0.39 is 0 Å². The highest BCUT2D eigenvalue weighted by Crippen LogP contribution is 2.57. The van der Waals surface area contributed by atoms with Crippen molar-refractivity contribution in [1.82, 2.24) is 9.13 Å². The Morgan fingerprint density at radius 1 is 0.489 bits per heavy atom. The van der Waals surface area contributed by atoms with Crippen molar-refractivity contribution in [2.75, 3.05) is 0 Å². The predicted octanol–water partition coefficient (Wildman–Crippen LogP) is 11.2. The fraction of sp³-hybridized carbons (Fsp3) is 0.163.